The van der Waals surface area contributed by atoms with Gasteiger partial charge in [0.25, 0.3) is 0 Å². The third-order valence-corrected chi connectivity index (χ3v) is 23.0. The maximum absolute atomic E-state index is 10.0. The monoisotopic (exact) mass is 2220 g/mol. The predicted molar refractivity (Wildman–Crippen MR) is 505 cm³/mol. The van der Waals surface area contributed by atoms with E-state index in [-0.39, 0.29) is 132 Å². The van der Waals surface area contributed by atoms with Crippen LogP contribution in [-0.2, 0) is 84.7 Å². The van der Waals surface area contributed by atoms with Crippen LogP contribution in [-0.4, -0.2) is 40.4 Å². The van der Waals surface area contributed by atoms with Crippen molar-refractivity contribution >= 4 is 79.8 Å². The molecule has 0 spiro atoms. The molecule has 3 aliphatic rings. The van der Waals surface area contributed by atoms with E-state index in [0.717, 1.165) is 80.8 Å². The Morgan fingerprint density at radius 3 is 1.67 bits per heavy atom. The topological polar surface area (TPSA) is 118 Å². The SMILES string of the molecule is CC(=O)C=C(C)O.Cc1ccnc(-c2[c-]cccc2)n1.[2H]c1c[n+]2c(c([2H])c1[2H])-c1c([2H])c([2H])c([2H])c([2H])c1C2.[Ir].[Ir].[Ir].[c-]1ccc2c(sc3ccccc32)c1-c1ccccn1.[c-]1ccccc1-c1ccccn1.[c-]1ccccc1-c1nc2ccccc2n1-c1ccccc1.c1cc[n+]2c(c1)-c1c(ccc3c1sc1ccccc13)C2.c1ccc(-c2ccc3c(c2)-c2cccc[n+]2C3)cc1. The van der Waals surface area contributed by atoms with Gasteiger partial charge in [0.05, 0.1) is 54.7 Å². The van der Waals surface area contributed by atoms with E-state index < -0.39 is 0 Å². The van der Waals surface area contributed by atoms with Crippen molar-refractivity contribution in [2.45, 2.75) is 40.4 Å². The number of carbonyl (C=O) groups is 1. The number of carbonyl (C=O) groups excluding carboxylic acids is 1. The average Bonchev–Trinajstić information content (AvgIpc) is 1.58. The molecule has 0 fully saturated rings. The molecule has 3 radical (unpaired) electrons. The van der Waals surface area contributed by atoms with Crippen LogP contribution in [0.2, 0.25) is 0 Å². The molecule has 0 saturated heterocycles. The van der Waals surface area contributed by atoms with Crippen LogP contribution >= 0.6 is 22.7 Å². The molecule has 21 aromatic rings. The van der Waals surface area contributed by atoms with E-state index in [9.17, 15) is 4.79 Å². The largest absolute Gasteiger partial charge is 0.512 e. The maximum Gasteiger partial charge on any atom is 0.214 e. The Morgan fingerprint density at radius 1 is 0.433 bits per heavy atom. The summed E-state index contributed by atoms with van der Waals surface area (Å²) in [5.41, 5.74) is 22.1. The zero-order valence-electron chi connectivity index (χ0n) is 76.0. The minimum Gasteiger partial charge on any atom is -0.512 e. The fraction of sp³-hybridized carbons (Fsp3) is 0.0541. The summed E-state index contributed by atoms with van der Waals surface area (Å²) in [6, 6.07) is 123. The van der Waals surface area contributed by atoms with Gasteiger partial charge in [0.1, 0.15) is 0 Å². The van der Waals surface area contributed by atoms with E-state index in [1.807, 2.05) is 194 Å². The summed E-state index contributed by atoms with van der Waals surface area (Å²) in [6.45, 7) is 6.98. The number of aliphatic hydroxyl groups excluding tert-OH is 1. The fourth-order valence-electron chi connectivity index (χ4n) is 15.0. The van der Waals surface area contributed by atoms with E-state index >= 15 is 0 Å². The van der Waals surface area contributed by atoms with Gasteiger partial charge in [-0.15, -0.1) is 143 Å². The van der Waals surface area contributed by atoms with Gasteiger partial charge in [0.2, 0.25) is 17.1 Å². The van der Waals surface area contributed by atoms with E-state index in [1.54, 1.807) is 17.0 Å². The van der Waals surface area contributed by atoms with Crippen LogP contribution in [0.3, 0.4) is 0 Å². The van der Waals surface area contributed by atoms with Gasteiger partial charge in [-0.25, -0.2) is 0 Å². The Balaban J connectivity index is 0.000000124. The van der Waals surface area contributed by atoms with Crippen LogP contribution in [0.4, 0.5) is 0 Å². The summed E-state index contributed by atoms with van der Waals surface area (Å²) in [5.74, 6) is 1.59. The molecule has 3 aliphatic heterocycles. The first-order valence-corrected chi connectivity index (χ1v) is 42.1. The zero-order valence-corrected chi connectivity index (χ0v) is 77.9. The Bertz CT molecular complexity index is 7710. The second kappa shape index (κ2) is 43.4. The van der Waals surface area contributed by atoms with E-state index in [4.69, 9.17) is 19.7 Å². The van der Waals surface area contributed by atoms with Gasteiger partial charge in [-0.1, -0.05) is 169 Å². The zero-order chi connectivity index (χ0) is 90.4. The third-order valence-electron chi connectivity index (χ3n) is 20.6. The van der Waals surface area contributed by atoms with Crippen molar-refractivity contribution in [3.05, 3.63) is 466 Å². The molecule has 9 aromatic heterocycles. The second-order valence-corrected chi connectivity index (χ2v) is 31.2. The molecule has 0 unspecified atom stereocenters. The normalized spacial score (nSPS) is 11.9. The molecule has 16 heteroatoms. The molecular weight excluding hydrogens is 2130 g/mol. The smallest absolute Gasteiger partial charge is 0.214 e. The summed E-state index contributed by atoms with van der Waals surface area (Å²) in [6.07, 6.45) is 12.3. The molecule has 0 amide bonds. The minimum atomic E-state index is -0.344. The maximum atomic E-state index is 10.0. The molecule has 12 aromatic carbocycles. The molecule has 11 nitrogen and oxygen atoms in total. The number of pyridine rings is 5. The average molecular weight is 2220 g/mol. The van der Waals surface area contributed by atoms with E-state index in [2.05, 4.69) is 240 Å². The number of aliphatic hydroxyl groups is 1. The van der Waals surface area contributed by atoms with Crippen molar-refractivity contribution in [2.75, 3.05) is 0 Å². The first-order chi connectivity index (χ1) is 64.0. The number of rotatable bonds is 7. The third kappa shape index (κ3) is 21.4. The predicted octanol–water partition coefficient (Wildman–Crippen LogP) is 25.3. The van der Waals surface area contributed by atoms with Crippen LogP contribution in [0.15, 0.2) is 419 Å². The van der Waals surface area contributed by atoms with Crippen molar-refractivity contribution in [2.24, 2.45) is 0 Å². The molecule has 12 heterocycles. The number of nitrogens with zero attached hydrogens (tertiary/aromatic N) is 9. The van der Waals surface area contributed by atoms with Gasteiger partial charge in [0.15, 0.2) is 44.0 Å². The molecule has 0 saturated carbocycles. The minimum absolute atomic E-state index is 0. The van der Waals surface area contributed by atoms with Gasteiger partial charge in [-0.2, -0.15) is 25.0 Å². The van der Waals surface area contributed by atoms with Gasteiger partial charge < -0.3 is 19.6 Å². The van der Waals surface area contributed by atoms with Gasteiger partial charge in [-0.3, -0.25) is 19.7 Å². The molecular formula is C111H84Ir3N9O2S2-. The van der Waals surface area contributed by atoms with Crippen molar-refractivity contribution in [1.29, 1.82) is 0 Å². The summed E-state index contributed by atoms with van der Waals surface area (Å²) < 4.78 is 68.3. The van der Waals surface area contributed by atoms with Crippen LogP contribution in [0.5, 0.6) is 0 Å². The Labute approximate surface area is 798 Å². The number of imidazole rings is 1. The number of allylic oxidation sites excluding steroid dienone is 2. The molecule has 1 N–H and O–H groups in total. The second-order valence-electron chi connectivity index (χ2n) is 29.1. The van der Waals surface area contributed by atoms with Gasteiger partial charge >= 0.3 is 0 Å². The number of thiophene rings is 2. The Hall–Kier alpha value is -13.5. The van der Waals surface area contributed by atoms with Crippen LogP contribution < -0.4 is 13.7 Å². The van der Waals surface area contributed by atoms with Crippen molar-refractivity contribution < 1.29 is 93.5 Å². The van der Waals surface area contributed by atoms with Gasteiger partial charge in [0, 0.05) is 174 Å². The molecule has 0 bridgehead atoms. The number of aromatic nitrogens is 9. The first kappa shape index (κ1) is 80.6. The van der Waals surface area contributed by atoms with Crippen molar-refractivity contribution in [3.63, 3.8) is 0 Å². The molecule has 127 heavy (non-hydrogen) atoms. The van der Waals surface area contributed by atoms with Gasteiger partial charge in [-0.05, 0) is 138 Å². The summed E-state index contributed by atoms with van der Waals surface area (Å²) in [5, 5.41) is 13.7. The van der Waals surface area contributed by atoms with Crippen LogP contribution in [0, 0.1) is 31.2 Å². The number of hydrogen-bond acceptors (Lipinski definition) is 9. The number of aryl methyl sites for hydroxylation is 1. The molecule has 625 valence electrons. The Morgan fingerprint density at radius 2 is 1.00 bits per heavy atom. The van der Waals surface area contributed by atoms with E-state index in [0.29, 0.717) is 5.56 Å². The summed E-state index contributed by atoms with van der Waals surface area (Å²) in [4.78, 5) is 31.9. The molecule has 0 atom stereocenters. The van der Waals surface area contributed by atoms with Crippen molar-refractivity contribution in [1.82, 2.24) is 29.5 Å². The standard InChI is InChI=1S/C19H13N2.C18H12NS.C18H14N.C17H10NS.C12H10N.C11H9N2.C11H8N.C5H8O2.3Ir/c1-3-9-15(10-4-1)19-20-17-13-7-8-14-18(17)21(19)16-11-5-2-6-12-16;1-2-7-16-13(5-1)14-9-8-12-11-19-10-4-3-6-15(19)17(12)18(14)20-16;1-2-6-14(7-3-1)15-9-10-16-13-19-11-5-4-8-18(19)17(16)12-15;1-2-10-16-12(6-1)13-7-5-8-14(17(13)19-16)15-9-3-4-11-18-15;1-2-6-11-10(5-1)9-13-8-4-3-7-12(11)13;1-9-7-8-12-11(13-9)10-5-3-2-4-6-10;1-2-6-10(7-3-1)11-8-4-5-9-12-11;1-4(6)3-5(2)7;;;/h1-9,11-14H;1-10H,11H2;1-12H,13H2;1-7,9-11H;1-8H,9H2;2-5,7-8H,1H3;1-6,8-9H;3,6H,1-2H3;;;/q-1;2*+1;-1;+1;2*-1;;;;/i;;;;1D,2D,3D,4D,5D,6D,7D;;;;;;. The summed E-state index contributed by atoms with van der Waals surface area (Å²) in [7, 11) is 0. The number of benzene rings is 12. The first-order valence-electron chi connectivity index (χ1n) is 43.9. The quantitative estimate of drug-likeness (QED) is 0.0731. The fourth-order valence-corrected chi connectivity index (χ4v) is 17.5. The van der Waals surface area contributed by atoms with Crippen molar-refractivity contribution in [3.8, 4) is 95.9 Å². The molecule has 0 aliphatic carbocycles. The van der Waals surface area contributed by atoms with E-state index in [1.165, 1.54) is 111 Å². The number of para-hydroxylation sites is 3. The number of hydrogen-bond donors (Lipinski definition) is 1. The number of fused-ring (bicyclic) bond motifs is 17. The Kier molecular flexibility index (Phi) is 27.6. The van der Waals surface area contributed by atoms with Crippen LogP contribution in [0.1, 0.15) is 45.8 Å². The summed E-state index contributed by atoms with van der Waals surface area (Å²) >= 11 is 3.73. The molecule has 24 rings (SSSR count). The van der Waals surface area contributed by atoms with Crippen LogP contribution in [0.25, 0.3) is 147 Å². The number of ketones is 1.